The van der Waals surface area contributed by atoms with Gasteiger partial charge in [-0.25, -0.2) is 0 Å². The minimum atomic E-state index is -4.49. The summed E-state index contributed by atoms with van der Waals surface area (Å²) in [7, 11) is 0. The van der Waals surface area contributed by atoms with Crippen molar-refractivity contribution in [3.63, 3.8) is 0 Å². The van der Waals surface area contributed by atoms with E-state index in [1.165, 1.54) is 24.3 Å². The summed E-state index contributed by atoms with van der Waals surface area (Å²) in [6, 6.07) is 22.8. The Hall–Kier alpha value is -3.55. The summed E-state index contributed by atoms with van der Waals surface area (Å²) in [4.78, 5) is 0. The quantitative estimate of drug-likeness (QED) is 0.273. The average Bonchev–Trinajstić information content (AvgIpc) is 3.10. The van der Waals surface area contributed by atoms with E-state index in [2.05, 4.69) is 0 Å². The smallest absolute Gasteiger partial charge is 0.408 e. The Morgan fingerprint density at radius 1 is 0.545 bits per heavy atom. The number of rotatable bonds is 2. The molecule has 33 heavy (non-hydrogen) atoms. The topological polar surface area (TPSA) is 3.88 Å². The monoisotopic (exact) mass is 455 g/mol. The van der Waals surface area contributed by atoms with E-state index >= 15 is 0 Å². The van der Waals surface area contributed by atoms with Crippen molar-refractivity contribution in [3.8, 4) is 11.3 Å². The van der Waals surface area contributed by atoms with Crippen LogP contribution in [0.25, 0.3) is 11.3 Å². The van der Waals surface area contributed by atoms with Crippen LogP contribution in [-0.4, -0.2) is 6.28 Å². The van der Waals surface area contributed by atoms with Crippen LogP contribution in [0.5, 0.6) is 0 Å². The molecule has 0 spiro atoms. The second-order valence-corrected chi connectivity index (χ2v) is 8.14. The molecule has 0 N–H and O–H groups in total. The van der Waals surface area contributed by atoms with Crippen LogP contribution in [0.1, 0.15) is 11.1 Å². The number of halogens is 6. The van der Waals surface area contributed by atoms with Crippen LogP contribution in [0, 0.1) is 0 Å². The van der Waals surface area contributed by atoms with Gasteiger partial charge in [-0.05, 0) is 6.07 Å². The maximum Gasteiger partial charge on any atom is 0.416 e. The summed E-state index contributed by atoms with van der Waals surface area (Å²) in [5.41, 5.74) is 2.15. The van der Waals surface area contributed by atoms with Gasteiger partial charge >= 0.3 is 18.6 Å². The van der Waals surface area contributed by atoms with Gasteiger partial charge in [-0.1, -0.05) is 78.9 Å². The van der Waals surface area contributed by atoms with E-state index in [0.29, 0.717) is 10.9 Å². The standard InChI is InChI=1S/C25H16BF6N/c27-24(28,29)17-8-12-19(13-9-17)26(20-14-10-18(11-15-20)25(30,31)32)22-6-2-1-5-21(22)23-7-3-4-16-33(23)26/h1-16H. The molecular weight excluding hydrogens is 439 g/mol. The van der Waals surface area contributed by atoms with E-state index in [1.807, 2.05) is 47.1 Å². The summed E-state index contributed by atoms with van der Waals surface area (Å²) in [5.74, 6) is 0. The Balaban J connectivity index is 1.83. The normalized spacial score (nSPS) is 14.6. The Morgan fingerprint density at radius 3 is 1.55 bits per heavy atom. The summed E-state index contributed by atoms with van der Waals surface area (Å²) in [6.07, 6.45) is -9.23. The predicted molar refractivity (Wildman–Crippen MR) is 115 cm³/mol. The zero-order valence-corrected chi connectivity index (χ0v) is 17.0. The van der Waals surface area contributed by atoms with Crippen molar-refractivity contribution < 1.29 is 30.8 Å². The minimum Gasteiger partial charge on any atom is -0.408 e. The molecule has 4 aromatic rings. The van der Waals surface area contributed by atoms with E-state index in [9.17, 15) is 26.3 Å². The van der Waals surface area contributed by atoms with E-state index in [-0.39, 0.29) is 0 Å². The van der Waals surface area contributed by atoms with Crippen LogP contribution in [0.3, 0.4) is 0 Å². The molecule has 1 aliphatic rings. The van der Waals surface area contributed by atoms with Gasteiger partial charge in [0, 0.05) is 11.6 Å². The summed E-state index contributed by atoms with van der Waals surface area (Å²) in [6.45, 7) is 0. The summed E-state index contributed by atoms with van der Waals surface area (Å²) >= 11 is 0. The van der Waals surface area contributed by atoms with Crippen LogP contribution < -0.4 is 20.9 Å². The van der Waals surface area contributed by atoms with Crippen molar-refractivity contribution in [2.45, 2.75) is 12.4 Å². The van der Waals surface area contributed by atoms with Gasteiger partial charge in [-0.15, -0.1) is 16.4 Å². The second kappa shape index (κ2) is 7.23. The zero-order valence-electron chi connectivity index (χ0n) is 17.0. The maximum absolute atomic E-state index is 13.2. The first-order chi connectivity index (χ1) is 15.6. The molecule has 0 saturated carbocycles. The fourth-order valence-electron chi connectivity index (χ4n) is 5.04. The number of nitrogens with zero attached hydrogens (tertiary/aromatic N) is 1. The van der Waals surface area contributed by atoms with Crippen molar-refractivity contribution in [2.75, 3.05) is 0 Å². The highest BCUT2D eigenvalue weighted by Gasteiger charge is 2.50. The van der Waals surface area contributed by atoms with Crippen molar-refractivity contribution in [1.29, 1.82) is 0 Å². The Kier molecular flexibility index (Phi) is 4.67. The highest BCUT2D eigenvalue weighted by Crippen LogP contribution is 2.31. The lowest BCUT2D eigenvalue weighted by Crippen LogP contribution is -2.82. The molecule has 3 aromatic carbocycles. The Bertz CT molecular complexity index is 1220. The molecule has 2 heterocycles. The molecule has 0 fully saturated rings. The zero-order chi connectivity index (χ0) is 23.4. The molecule has 8 heteroatoms. The van der Waals surface area contributed by atoms with Crippen molar-refractivity contribution >= 4 is 22.7 Å². The molecular formula is C25H16BF6N. The largest absolute Gasteiger partial charge is 0.416 e. The highest BCUT2D eigenvalue weighted by atomic mass is 19.4. The van der Waals surface area contributed by atoms with Crippen LogP contribution in [0.4, 0.5) is 26.3 Å². The number of fused-ring (bicyclic) bond motifs is 3. The lowest BCUT2D eigenvalue weighted by molar-refractivity contribution is -0.524. The van der Waals surface area contributed by atoms with Crippen LogP contribution in [0.2, 0.25) is 0 Å². The van der Waals surface area contributed by atoms with Crippen molar-refractivity contribution in [1.82, 2.24) is 0 Å². The molecule has 0 saturated heterocycles. The first-order valence-electron chi connectivity index (χ1n) is 10.2. The van der Waals surface area contributed by atoms with Crippen LogP contribution in [-0.2, 0) is 12.4 Å². The molecule has 0 atom stereocenters. The average molecular weight is 455 g/mol. The van der Waals surface area contributed by atoms with Crippen molar-refractivity contribution in [3.05, 3.63) is 108 Å². The van der Waals surface area contributed by atoms with Crippen molar-refractivity contribution in [2.24, 2.45) is 0 Å². The Morgan fingerprint density at radius 2 is 1.03 bits per heavy atom. The van der Waals surface area contributed by atoms with E-state index in [4.69, 9.17) is 0 Å². The fourth-order valence-corrected chi connectivity index (χ4v) is 5.04. The molecule has 5 rings (SSSR count). The number of hydrogen-bond acceptors (Lipinski definition) is 0. The van der Waals surface area contributed by atoms with Crippen LogP contribution in [0.15, 0.2) is 97.2 Å². The molecule has 1 aliphatic heterocycles. The SMILES string of the molecule is FC(F)(F)c1ccc([B-]2(c3ccc(C(F)(F)F)cc3)c3ccccc3-c3cccc[n+]32)cc1. The molecule has 0 amide bonds. The second-order valence-electron chi connectivity index (χ2n) is 8.14. The fraction of sp³-hybridized carbons (Fsp3) is 0.0800. The third-order valence-electron chi connectivity index (χ3n) is 6.43. The number of aromatic nitrogens is 1. The lowest BCUT2D eigenvalue weighted by atomic mass is 9.24. The number of hydrogen-bond donors (Lipinski definition) is 0. The van der Waals surface area contributed by atoms with Gasteiger partial charge in [0.25, 0.3) is 0 Å². The molecule has 0 unspecified atom stereocenters. The first-order valence-corrected chi connectivity index (χ1v) is 10.2. The van der Waals surface area contributed by atoms with Gasteiger partial charge in [-0.3, -0.25) is 0 Å². The predicted octanol–water partition coefficient (Wildman–Crippen LogP) is 4.51. The third-order valence-corrected chi connectivity index (χ3v) is 6.43. The highest BCUT2D eigenvalue weighted by molar-refractivity contribution is 7.06. The minimum absolute atomic E-state index is 0.574. The lowest BCUT2D eigenvalue weighted by Gasteiger charge is -2.33. The summed E-state index contributed by atoms with van der Waals surface area (Å²) < 4.78 is 81.4. The van der Waals surface area contributed by atoms with E-state index < -0.39 is 29.8 Å². The molecule has 0 bridgehead atoms. The van der Waals surface area contributed by atoms with Gasteiger partial charge in [0.15, 0.2) is 5.69 Å². The molecule has 1 nitrogen and oxygen atoms in total. The maximum atomic E-state index is 13.2. The first kappa shape index (κ1) is 21.3. The van der Waals surface area contributed by atoms with E-state index in [1.54, 1.807) is 6.07 Å². The molecule has 1 aromatic heterocycles. The number of alkyl halides is 6. The summed E-state index contributed by atoms with van der Waals surface area (Å²) in [5, 5.41) is 0. The molecule has 0 radical (unpaired) electrons. The number of benzene rings is 3. The van der Waals surface area contributed by atoms with Gasteiger partial charge < -0.3 is 4.48 Å². The van der Waals surface area contributed by atoms with Gasteiger partial charge in [-0.2, -0.15) is 26.3 Å². The molecule has 0 aliphatic carbocycles. The molecule has 166 valence electrons. The van der Waals surface area contributed by atoms with Gasteiger partial charge in [0.05, 0.1) is 11.1 Å². The Labute approximate surface area is 185 Å². The third kappa shape index (κ3) is 3.24. The van der Waals surface area contributed by atoms with Gasteiger partial charge in [0.1, 0.15) is 6.20 Å². The van der Waals surface area contributed by atoms with E-state index in [0.717, 1.165) is 41.0 Å². The van der Waals surface area contributed by atoms with Crippen LogP contribution >= 0.6 is 0 Å². The number of pyridine rings is 1. The van der Waals surface area contributed by atoms with Gasteiger partial charge in [0.2, 0.25) is 0 Å².